The summed E-state index contributed by atoms with van der Waals surface area (Å²) < 4.78 is 40.9. The van der Waals surface area contributed by atoms with Crippen LogP contribution in [0, 0.1) is 0 Å². The molecule has 184 valence electrons. The van der Waals surface area contributed by atoms with Crippen molar-refractivity contribution < 1.29 is 32.6 Å². The Morgan fingerprint density at radius 2 is 1.69 bits per heavy atom. The molecule has 2 N–H and O–H groups in total. The zero-order chi connectivity index (χ0) is 25.4. The minimum atomic E-state index is -2.97. The Bertz CT molecular complexity index is 1190. The summed E-state index contributed by atoms with van der Waals surface area (Å²) in [5.41, 5.74) is 7.52. The SMILES string of the molecule is CCOc1cc(CN(C)C(=O)c2cccc(COc3ccccc3C(N)=O)c2)ccc1OC(F)F. The lowest BCUT2D eigenvalue weighted by Crippen LogP contribution is -2.26. The number of benzene rings is 3. The number of ether oxygens (including phenoxy) is 3. The zero-order valence-corrected chi connectivity index (χ0v) is 19.4. The van der Waals surface area contributed by atoms with Gasteiger partial charge in [0.25, 0.3) is 11.8 Å². The standard InChI is InChI=1S/C26H26F2N2O5/c1-3-33-23-14-17(11-12-22(23)35-26(27)28)15-30(2)25(32)19-8-6-7-18(13-19)16-34-21-10-5-4-9-20(21)24(29)31/h4-14,26H,3,15-16H2,1-2H3,(H2,29,31). The molecule has 0 atom stereocenters. The highest BCUT2D eigenvalue weighted by atomic mass is 19.3. The van der Waals surface area contributed by atoms with Crippen LogP contribution in [0.15, 0.2) is 66.7 Å². The quantitative estimate of drug-likeness (QED) is 0.428. The van der Waals surface area contributed by atoms with Gasteiger partial charge in [-0.3, -0.25) is 9.59 Å². The Kier molecular flexibility index (Phi) is 8.61. The van der Waals surface area contributed by atoms with Gasteiger partial charge in [-0.25, -0.2) is 0 Å². The summed E-state index contributed by atoms with van der Waals surface area (Å²) in [5.74, 6) is -0.354. The highest BCUT2D eigenvalue weighted by Crippen LogP contribution is 2.30. The number of amides is 2. The van der Waals surface area contributed by atoms with E-state index >= 15 is 0 Å². The molecule has 0 aromatic heterocycles. The fourth-order valence-electron chi connectivity index (χ4n) is 3.43. The molecule has 0 fully saturated rings. The number of nitrogens with zero attached hydrogens (tertiary/aromatic N) is 1. The zero-order valence-electron chi connectivity index (χ0n) is 19.4. The molecule has 3 aromatic carbocycles. The van der Waals surface area contributed by atoms with E-state index in [2.05, 4.69) is 4.74 Å². The van der Waals surface area contributed by atoms with Gasteiger partial charge in [0.05, 0.1) is 12.2 Å². The number of alkyl halides is 2. The molecule has 0 unspecified atom stereocenters. The van der Waals surface area contributed by atoms with Gasteiger partial charge in [0, 0.05) is 19.2 Å². The highest BCUT2D eigenvalue weighted by molar-refractivity contribution is 5.95. The van der Waals surface area contributed by atoms with Crippen LogP contribution in [0.4, 0.5) is 8.78 Å². The van der Waals surface area contributed by atoms with E-state index in [0.717, 1.165) is 5.56 Å². The van der Waals surface area contributed by atoms with Crippen molar-refractivity contribution in [2.24, 2.45) is 5.73 Å². The molecule has 2 amide bonds. The van der Waals surface area contributed by atoms with Crippen molar-refractivity contribution in [1.29, 1.82) is 0 Å². The van der Waals surface area contributed by atoms with E-state index in [0.29, 0.717) is 16.9 Å². The van der Waals surface area contributed by atoms with Crippen LogP contribution in [0.5, 0.6) is 17.2 Å². The summed E-state index contributed by atoms with van der Waals surface area (Å²) >= 11 is 0. The first-order valence-electron chi connectivity index (χ1n) is 10.8. The molecule has 0 aliphatic rings. The van der Waals surface area contributed by atoms with E-state index in [1.54, 1.807) is 74.6 Å². The number of primary amides is 1. The minimum Gasteiger partial charge on any atom is -0.490 e. The number of rotatable bonds is 11. The maximum absolute atomic E-state index is 13.0. The van der Waals surface area contributed by atoms with Crippen LogP contribution in [0.25, 0.3) is 0 Å². The van der Waals surface area contributed by atoms with Crippen LogP contribution < -0.4 is 19.9 Å². The Labute approximate surface area is 202 Å². The number of carbonyl (C=O) groups is 2. The first kappa shape index (κ1) is 25.5. The lowest BCUT2D eigenvalue weighted by Gasteiger charge is -2.19. The van der Waals surface area contributed by atoms with Crippen LogP contribution in [0.3, 0.4) is 0 Å². The second kappa shape index (κ2) is 11.8. The summed E-state index contributed by atoms with van der Waals surface area (Å²) in [6, 6.07) is 18.2. The predicted octanol–water partition coefficient (Wildman–Crippen LogP) is 4.64. The largest absolute Gasteiger partial charge is 0.490 e. The topological polar surface area (TPSA) is 91.1 Å². The molecule has 0 aliphatic carbocycles. The summed E-state index contributed by atoms with van der Waals surface area (Å²) in [6.45, 7) is -0.599. The third-order valence-electron chi connectivity index (χ3n) is 5.01. The van der Waals surface area contributed by atoms with Gasteiger partial charge in [-0.1, -0.05) is 30.3 Å². The third-order valence-corrected chi connectivity index (χ3v) is 5.01. The lowest BCUT2D eigenvalue weighted by molar-refractivity contribution is -0.0514. The Morgan fingerprint density at radius 1 is 0.914 bits per heavy atom. The first-order chi connectivity index (χ1) is 16.8. The molecule has 3 rings (SSSR count). The molecular formula is C26H26F2N2O5. The van der Waals surface area contributed by atoms with Gasteiger partial charge in [0.1, 0.15) is 12.4 Å². The fourth-order valence-corrected chi connectivity index (χ4v) is 3.43. The van der Waals surface area contributed by atoms with Gasteiger partial charge in [0.2, 0.25) is 0 Å². The molecule has 0 saturated heterocycles. The lowest BCUT2D eigenvalue weighted by atomic mass is 10.1. The van der Waals surface area contributed by atoms with E-state index in [4.69, 9.17) is 15.2 Å². The van der Waals surface area contributed by atoms with Gasteiger partial charge < -0.3 is 24.8 Å². The maximum Gasteiger partial charge on any atom is 0.387 e. The molecule has 0 heterocycles. The van der Waals surface area contributed by atoms with E-state index in [9.17, 15) is 18.4 Å². The molecule has 0 saturated carbocycles. The van der Waals surface area contributed by atoms with Gasteiger partial charge in [0.15, 0.2) is 11.5 Å². The summed E-state index contributed by atoms with van der Waals surface area (Å²) in [7, 11) is 1.64. The number of carbonyl (C=O) groups excluding carboxylic acids is 2. The summed E-state index contributed by atoms with van der Waals surface area (Å²) in [4.78, 5) is 26.1. The first-order valence-corrected chi connectivity index (χ1v) is 10.8. The summed E-state index contributed by atoms with van der Waals surface area (Å²) in [5, 5.41) is 0. The van der Waals surface area contributed by atoms with Gasteiger partial charge in [-0.2, -0.15) is 8.78 Å². The second-order valence-corrected chi connectivity index (χ2v) is 7.60. The Balaban J connectivity index is 1.69. The predicted molar refractivity (Wildman–Crippen MR) is 126 cm³/mol. The number of para-hydroxylation sites is 1. The summed E-state index contributed by atoms with van der Waals surface area (Å²) in [6.07, 6.45) is 0. The highest BCUT2D eigenvalue weighted by Gasteiger charge is 2.16. The Hall–Kier alpha value is -4.14. The van der Waals surface area contributed by atoms with Crippen molar-refractivity contribution in [3.8, 4) is 17.2 Å². The second-order valence-electron chi connectivity index (χ2n) is 7.60. The van der Waals surface area contributed by atoms with E-state index < -0.39 is 12.5 Å². The molecule has 9 heteroatoms. The van der Waals surface area contributed by atoms with E-state index in [1.165, 1.54) is 11.0 Å². The number of halogens is 2. The maximum atomic E-state index is 13.0. The molecule has 35 heavy (non-hydrogen) atoms. The van der Waals surface area contributed by atoms with Gasteiger partial charge in [-0.05, 0) is 54.4 Å². The fraction of sp³-hybridized carbons (Fsp3) is 0.231. The monoisotopic (exact) mass is 484 g/mol. The van der Waals surface area contributed by atoms with Crippen LogP contribution in [0.1, 0.15) is 38.8 Å². The molecule has 7 nitrogen and oxygen atoms in total. The average molecular weight is 484 g/mol. The van der Waals surface area contributed by atoms with Crippen molar-refractivity contribution in [2.45, 2.75) is 26.7 Å². The number of hydrogen-bond donors (Lipinski definition) is 1. The van der Waals surface area contributed by atoms with Crippen LogP contribution in [0.2, 0.25) is 0 Å². The van der Waals surface area contributed by atoms with Crippen molar-refractivity contribution >= 4 is 11.8 Å². The molecule has 0 spiro atoms. The van der Waals surface area contributed by atoms with E-state index in [1.807, 2.05) is 0 Å². The Morgan fingerprint density at radius 3 is 2.40 bits per heavy atom. The third kappa shape index (κ3) is 6.92. The van der Waals surface area contributed by atoms with Crippen molar-refractivity contribution in [3.05, 3.63) is 89.0 Å². The van der Waals surface area contributed by atoms with E-state index in [-0.39, 0.29) is 42.7 Å². The molecule has 3 aromatic rings. The van der Waals surface area contributed by atoms with Crippen LogP contribution >= 0.6 is 0 Å². The van der Waals surface area contributed by atoms with Gasteiger partial charge >= 0.3 is 6.61 Å². The smallest absolute Gasteiger partial charge is 0.387 e. The number of nitrogens with two attached hydrogens (primary N) is 1. The average Bonchev–Trinajstić information content (AvgIpc) is 2.84. The molecule has 0 radical (unpaired) electrons. The van der Waals surface area contributed by atoms with Crippen LogP contribution in [-0.4, -0.2) is 37.0 Å². The minimum absolute atomic E-state index is 0.0646. The van der Waals surface area contributed by atoms with Gasteiger partial charge in [-0.15, -0.1) is 0 Å². The van der Waals surface area contributed by atoms with Crippen LogP contribution in [-0.2, 0) is 13.2 Å². The molecular weight excluding hydrogens is 458 g/mol. The van der Waals surface area contributed by atoms with Crippen molar-refractivity contribution in [3.63, 3.8) is 0 Å². The molecule has 0 bridgehead atoms. The van der Waals surface area contributed by atoms with Crippen molar-refractivity contribution in [2.75, 3.05) is 13.7 Å². The van der Waals surface area contributed by atoms with Crippen molar-refractivity contribution in [1.82, 2.24) is 4.90 Å². The number of hydrogen-bond acceptors (Lipinski definition) is 5. The normalized spacial score (nSPS) is 10.7. The molecule has 0 aliphatic heterocycles.